The zero-order valence-electron chi connectivity index (χ0n) is 2.04. The first-order valence-electron chi connectivity index (χ1n) is 0.655. The van der Waals surface area contributed by atoms with Gasteiger partial charge in [0.15, 0.2) is 0 Å². The van der Waals surface area contributed by atoms with Crippen molar-refractivity contribution < 1.29 is 29.7 Å². The van der Waals surface area contributed by atoms with Crippen LogP contribution in [-0.4, -0.2) is 7.54 Å². The van der Waals surface area contributed by atoms with Gasteiger partial charge in [-0.3, -0.25) is 12.9 Å². The molecule has 0 unspecified atom stereocenters. The van der Waals surface area contributed by atoms with Gasteiger partial charge in [-0.2, -0.15) is 0 Å². The van der Waals surface area contributed by atoms with E-state index in [9.17, 15) is 12.9 Å². The third-order valence-electron chi connectivity index (χ3n) is 0. The second-order valence-electron chi connectivity index (χ2n) is 0.247. The molecular formula is BCoF3+3. The Morgan fingerprint density at radius 3 is 1.00 bits per heavy atom. The standard InChI is InChI=1S/BF3.Co/c2-1(3)4;/q;+3. The quantitative estimate of drug-likeness (QED) is 0.423. The average Bonchev–Trinajstić information content (AvgIpc) is 0.811. The normalized spacial score (nSPS) is 5.40. The molecule has 0 bridgehead atoms. The number of hydrogen-bond acceptors (Lipinski definition) is 0. The van der Waals surface area contributed by atoms with Crippen molar-refractivity contribution in [1.82, 2.24) is 0 Å². The summed E-state index contributed by atoms with van der Waals surface area (Å²) in [6.07, 6.45) is 0. The topological polar surface area (TPSA) is 0 Å². The summed E-state index contributed by atoms with van der Waals surface area (Å²) in [5, 5.41) is 0. The minimum atomic E-state index is -3.67. The molecule has 30 valence electrons. The van der Waals surface area contributed by atoms with Gasteiger partial charge in [-0.15, -0.1) is 0 Å². The first kappa shape index (κ1) is 9.03. The number of rotatable bonds is 0. The van der Waals surface area contributed by atoms with Crippen LogP contribution < -0.4 is 0 Å². The van der Waals surface area contributed by atoms with Crippen LogP contribution in [0.5, 0.6) is 0 Å². The molecule has 0 amide bonds. The molecule has 0 aromatic carbocycles. The minimum absolute atomic E-state index is 0. The van der Waals surface area contributed by atoms with Gasteiger partial charge in [0.1, 0.15) is 0 Å². The summed E-state index contributed by atoms with van der Waals surface area (Å²) in [5.41, 5.74) is 0. The van der Waals surface area contributed by atoms with Crippen molar-refractivity contribution in [2.45, 2.75) is 0 Å². The van der Waals surface area contributed by atoms with Crippen LogP contribution in [0.25, 0.3) is 0 Å². The predicted molar refractivity (Wildman–Crippen MR) is 9.08 cm³/mol. The van der Waals surface area contributed by atoms with E-state index < -0.39 is 7.54 Å². The van der Waals surface area contributed by atoms with Gasteiger partial charge in [0.2, 0.25) is 0 Å². The van der Waals surface area contributed by atoms with Gasteiger partial charge in [0.25, 0.3) is 0 Å². The summed E-state index contributed by atoms with van der Waals surface area (Å²) in [6.45, 7) is 0. The van der Waals surface area contributed by atoms with Crippen LogP contribution in [0.4, 0.5) is 12.9 Å². The Balaban J connectivity index is 0. The maximum Gasteiger partial charge on any atom is 3.00 e. The van der Waals surface area contributed by atoms with E-state index in [4.69, 9.17) is 0 Å². The fourth-order valence-corrected chi connectivity index (χ4v) is 0. The smallest absolute Gasteiger partial charge is 0.254 e. The molecule has 0 aliphatic carbocycles. The van der Waals surface area contributed by atoms with Gasteiger partial charge in [0.05, 0.1) is 0 Å². The summed E-state index contributed by atoms with van der Waals surface area (Å²) >= 11 is 0. The van der Waals surface area contributed by atoms with Crippen LogP contribution in [-0.2, 0) is 16.8 Å². The monoisotopic (exact) mass is 127 g/mol. The molecule has 0 radical (unpaired) electrons. The Hall–Kier alpha value is 0.361. The van der Waals surface area contributed by atoms with E-state index in [1.807, 2.05) is 0 Å². The molecule has 0 atom stereocenters. The molecule has 0 N–H and O–H groups in total. The van der Waals surface area contributed by atoms with Gasteiger partial charge in [-0.1, -0.05) is 0 Å². The molecule has 0 saturated heterocycles. The predicted octanol–water partition coefficient (Wildman–Crippen LogP) is 0.877. The first-order chi connectivity index (χ1) is 1.73. The van der Waals surface area contributed by atoms with E-state index in [-0.39, 0.29) is 16.8 Å². The fraction of sp³-hybridized carbons (Fsp3) is 0. The number of hydrogen-bond donors (Lipinski definition) is 0. The van der Waals surface area contributed by atoms with Gasteiger partial charge in [-0.05, 0) is 0 Å². The zero-order valence-corrected chi connectivity index (χ0v) is 3.09. The van der Waals surface area contributed by atoms with E-state index in [1.54, 1.807) is 0 Å². The van der Waals surface area contributed by atoms with Crippen LogP contribution >= 0.6 is 0 Å². The van der Waals surface area contributed by atoms with Gasteiger partial charge in [-0.25, -0.2) is 0 Å². The maximum atomic E-state index is 9.67. The Kier molecular flexibility index (Phi) is 7.87. The largest absolute Gasteiger partial charge is 3.00 e. The van der Waals surface area contributed by atoms with Gasteiger partial charge < -0.3 is 0 Å². The summed E-state index contributed by atoms with van der Waals surface area (Å²) in [7, 11) is -3.67. The Morgan fingerprint density at radius 2 is 1.00 bits per heavy atom. The van der Waals surface area contributed by atoms with Gasteiger partial charge in [0, 0.05) is 0 Å². The molecular weight excluding hydrogens is 127 g/mol. The van der Waals surface area contributed by atoms with Crippen molar-refractivity contribution in [3.8, 4) is 0 Å². The maximum absolute atomic E-state index is 9.67. The molecule has 0 aliphatic rings. The molecule has 0 spiro atoms. The first-order valence-corrected chi connectivity index (χ1v) is 0.655. The molecule has 0 aromatic heterocycles. The van der Waals surface area contributed by atoms with Crippen molar-refractivity contribution in [3.05, 3.63) is 0 Å². The van der Waals surface area contributed by atoms with Crippen molar-refractivity contribution in [2.24, 2.45) is 0 Å². The van der Waals surface area contributed by atoms with Crippen LogP contribution in [0.2, 0.25) is 0 Å². The third kappa shape index (κ3) is 186. The molecule has 0 aliphatic heterocycles. The molecule has 0 saturated carbocycles. The van der Waals surface area contributed by atoms with Crippen LogP contribution in [0.3, 0.4) is 0 Å². The third-order valence-corrected chi connectivity index (χ3v) is 0. The molecule has 0 heterocycles. The molecule has 5 heavy (non-hydrogen) atoms. The van der Waals surface area contributed by atoms with Crippen molar-refractivity contribution in [3.63, 3.8) is 0 Å². The molecule has 0 fully saturated rings. The van der Waals surface area contributed by atoms with E-state index in [0.717, 1.165) is 0 Å². The summed E-state index contributed by atoms with van der Waals surface area (Å²) in [6, 6.07) is 0. The van der Waals surface area contributed by atoms with E-state index in [1.165, 1.54) is 0 Å². The van der Waals surface area contributed by atoms with E-state index in [2.05, 4.69) is 0 Å². The summed E-state index contributed by atoms with van der Waals surface area (Å²) in [5.74, 6) is 0. The van der Waals surface area contributed by atoms with Crippen LogP contribution in [0.1, 0.15) is 0 Å². The van der Waals surface area contributed by atoms with Crippen molar-refractivity contribution in [1.29, 1.82) is 0 Å². The average molecular weight is 127 g/mol. The zero-order chi connectivity index (χ0) is 3.58. The fourth-order valence-electron chi connectivity index (χ4n) is 0. The minimum Gasteiger partial charge on any atom is -0.254 e. The van der Waals surface area contributed by atoms with Crippen molar-refractivity contribution >= 4 is 7.54 Å². The van der Waals surface area contributed by atoms with E-state index in [0.29, 0.717) is 0 Å². The Morgan fingerprint density at radius 1 is 1.00 bits per heavy atom. The SMILES string of the molecule is FB(F)F.[Co+3]. The van der Waals surface area contributed by atoms with Gasteiger partial charge >= 0.3 is 24.3 Å². The molecule has 0 aromatic rings. The second kappa shape index (κ2) is 4.36. The van der Waals surface area contributed by atoms with E-state index >= 15 is 0 Å². The van der Waals surface area contributed by atoms with Crippen LogP contribution in [0, 0.1) is 0 Å². The second-order valence-corrected chi connectivity index (χ2v) is 0.247. The number of halogens is 3. The Bertz CT molecular complexity index is 11.6. The van der Waals surface area contributed by atoms with Crippen molar-refractivity contribution in [2.75, 3.05) is 0 Å². The molecule has 0 nitrogen and oxygen atoms in total. The van der Waals surface area contributed by atoms with Crippen LogP contribution in [0.15, 0.2) is 0 Å². The Labute approximate surface area is 38.2 Å². The summed E-state index contributed by atoms with van der Waals surface area (Å²) < 4.78 is 29.0. The summed E-state index contributed by atoms with van der Waals surface area (Å²) in [4.78, 5) is 0. The molecule has 0 rings (SSSR count). The molecule has 5 heteroatoms.